The fourth-order valence-corrected chi connectivity index (χ4v) is 3.50. The first kappa shape index (κ1) is 21.0. The number of rotatable bonds is 7. The van der Waals surface area contributed by atoms with Crippen molar-refractivity contribution in [3.63, 3.8) is 0 Å². The van der Waals surface area contributed by atoms with Crippen LogP contribution in [0.2, 0.25) is 0 Å². The number of nitrogens with zero attached hydrogens (tertiary/aromatic N) is 5. The van der Waals surface area contributed by atoms with Gasteiger partial charge in [-0.25, -0.2) is 18.7 Å². The molecule has 1 aliphatic rings. The van der Waals surface area contributed by atoms with Gasteiger partial charge in [0.15, 0.2) is 23.2 Å². The number of halogens is 2. The molecule has 0 saturated carbocycles. The van der Waals surface area contributed by atoms with E-state index in [1.807, 2.05) is 13.8 Å². The van der Waals surface area contributed by atoms with Crippen LogP contribution < -0.4 is 19.7 Å². The number of benzene rings is 1. The molecule has 1 aliphatic heterocycles. The molecule has 2 aromatic heterocycles. The zero-order valence-corrected chi connectivity index (χ0v) is 17.4. The van der Waals surface area contributed by atoms with Crippen LogP contribution in [-0.2, 0) is 0 Å². The standard InChI is InChI=1S/C21H24F2N6O2/c1-13(2)26-20-21(28-18-11-25-24-10-17(18)27-20)29-7-5-14(6-8-29)31-19-4-3-15(30-12-22)9-16(19)23/h3-4,9-11,13-14H,5-8,12H2,1-2H3,(H,26,27). The van der Waals surface area contributed by atoms with Gasteiger partial charge in [-0.3, -0.25) is 0 Å². The van der Waals surface area contributed by atoms with E-state index in [-0.39, 0.29) is 23.6 Å². The maximum atomic E-state index is 14.2. The van der Waals surface area contributed by atoms with E-state index in [1.165, 1.54) is 12.1 Å². The first-order chi connectivity index (χ1) is 15.0. The third-order valence-corrected chi connectivity index (χ3v) is 4.94. The highest BCUT2D eigenvalue weighted by Gasteiger charge is 2.25. The molecule has 31 heavy (non-hydrogen) atoms. The van der Waals surface area contributed by atoms with E-state index in [4.69, 9.17) is 9.72 Å². The van der Waals surface area contributed by atoms with Crippen LogP contribution in [0.4, 0.5) is 20.4 Å². The molecule has 4 rings (SSSR count). The molecule has 0 spiro atoms. The molecule has 3 aromatic rings. The predicted octanol–water partition coefficient (Wildman–Crippen LogP) is 3.73. The van der Waals surface area contributed by atoms with Crippen molar-refractivity contribution < 1.29 is 18.3 Å². The minimum atomic E-state index is -1.00. The molecule has 3 heterocycles. The lowest BCUT2D eigenvalue weighted by atomic mass is 10.1. The van der Waals surface area contributed by atoms with E-state index < -0.39 is 12.7 Å². The normalized spacial score (nSPS) is 14.8. The Morgan fingerprint density at radius 3 is 2.48 bits per heavy atom. The Labute approximate surface area is 178 Å². The first-order valence-electron chi connectivity index (χ1n) is 10.2. The molecule has 1 fully saturated rings. The lowest BCUT2D eigenvalue weighted by Gasteiger charge is -2.34. The van der Waals surface area contributed by atoms with Crippen molar-refractivity contribution in [2.45, 2.75) is 38.8 Å². The quantitative estimate of drug-likeness (QED) is 0.607. The lowest BCUT2D eigenvalue weighted by molar-refractivity contribution is 0.162. The van der Waals surface area contributed by atoms with Crippen LogP contribution >= 0.6 is 0 Å². The van der Waals surface area contributed by atoms with Gasteiger partial charge in [-0.1, -0.05) is 0 Å². The molecule has 10 heteroatoms. The molecule has 0 atom stereocenters. The Kier molecular flexibility index (Phi) is 6.24. The number of nitrogens with one attached hydrogen (secondary N) is 1. The highest BCUT2D eigenvalue weighted by molar-refractivity contribution is 5.79. The molecule has 1 aromatic carbocycles. The number of hydrogen-bond acceptors (Lipinski definition) is 8. The molecule has 8 nitrogen and oxygen atoms in total. The van der Waals surface area contributed by atoms with Gasteiger partial charge in [-0.05, 0) is 26.0 Å². The first-order valence-corrected chi connectivity index (χ1v) is 10.2. The summed E-state index contributed by atoms with van der Waals surface area (Å²) < 4.78 is 37.0. The lowest BCUT2D eigenvalue weighted by Crippen LogP contribution is -2.39. The molecule has 1 N–H and O–H groups in total. The van der Waals surface area contributed by atoms with E-state index in [2.05, 4.69) is 30.1 Å². The molecular weight excluding hydrogens is 406 g/mol. The van der Waals surface area contributed by atoms with E-state index in [0.717, 1.165) is 11.9 Å². The molecule has 1 saturated heterocycles. The van der Waals surface area contributed by atoms with Crippen LogP contribution in [0.1, 0.15) is 26.7 Å². The Morgan fingerprint density at radius 1 is 1.13 bits per heavy atom. The second kappa shape index (κ2) is 9.23. The van der Waals surface area contributed by atoms with Crippen LogP contribution in [0.3, 0.4) is 0 Å². The summed E-state index contributed by atoms with van der Waals surface area (Å²) in [4.78, 5) is 11.6. The highest BCUT2D eigenvalue weighted by atomic mass is 19.1. The molecule has 164 valence electrons. The van der Waals surface area contributed by atoms with Gasteiger partial charge in [0.1, 0.15) is 22.9 Å². The molecular formula is C21H24F2N6O2. The molecule has 0 aliphatic carbocycles. The summed E-state index contributed by atoms with van der Waals surface area (Å²) in [6, 6.07) is 4.27. The van der Waals surface area contributed by atoms with Crippen LogP contribution in [0.15, 0.2) is 30.6 Å². The number of aromatic nitrogens is 4. The number of fused-ring (bicyclic) bond motifs is 1. The van der Waals surface area contributed by atoms with Gasteiger partial charge in [-0.15, -0.1) is 0 Å². The summed E-state index contributed by atoms with van der Waals surface area (Å²) in [5.74, 6) is 1.15. The van der Waals surface area contributed by atoms with Gasteiger partial charge in [0, 0.05) is 38.0 Å². The maximum Gasteiger partial charge on any atom is 0.228 e. The highest BCUT2D eigenvalue weighted by Crippen LogP contribution is 2.30. The van der Waals surface area contributed by atoms with Gasteiger partial charge in [0.2, 0.25) is 6.86 Å². The zero-order valence-electron chi connectivity index (χ0n) is 17.4. The average molecular weight is 430 g/mol. The molecule has 0 radical (unpaired) electrons. The number of anilines is 2. The second-order valence-corrected chi connectivity index (χ2v) is 7.60. The van der Waals surface area contributed by atoms with Crippen molar-refractivity contribution in [1.82, 2.24) is 20.2 Å². The van der Waals surface area contributed by atoms with Gasteiger partial charge in [0.05, 0.1) is 12.4 Å². The van der Waals surface area contributed by atoms with Crippen LogP contribution in [0.5, 0.6) is 11.5 Å². The summed E-state index contributed by atoms with van der Waals surface area (Å²) >= 11 is 0. The monoisotopic (exact) mass is 430 g/mol. The number of ether oxygens (including phenoxy) is 2. The Bertz CT molecular complexity index is 1040. The summed E-state index contributed by atoms with van der Waals surface area (Å²) in [6.45, 7) is 4.44. The fourth-order valence-electron chi connectivity index (χ4n) is 3.50. The van der Waals surface area contributed by atoms with Crippen molar-refractivity contribution in [2.75, 3.05) is 30.2 Å². The van der Waals surface area contributed by atoms with Crippen molar-refractivity contribution in [2.24, 2.45) is 0 Å². The Hall–Kier alpha value is -3.30. The van der Waals surface area contributed by atoms with Gasteiger partial charge < -0.3 is 19.7 Å². The predicted molar refractivity (Wildman–Crippen MR) is 113 cm³/mol. The minimum absolute atomic E-state index is 0.131. The summed E-state index contributed by atoms with van der Waals surface area (Å²) in [7, 11) is 0. The van der Waals surface area contributed by atoms with Crippen molar-refractivity contribution in [3.05, 3.63) is 36.4 Å². The number of piperidine rings is 1. The topological polar surface area (TPSA) is 85.3 Å². The van der Waals surface area contributed by atoms with E-state index >= 15 is 0 Å². The number of hydrogen-bond donors (Lipinski definition) is 1. The summed E-state index contributed by atoms with van der Waals surface area (Å²) in [5, 5.41) is 11.1. The minimum Gasteiger partial charge on any atom is -0.487 e. The van der Waals surface area contributed by atoms with E-state index in [1.54, 1.807) is 12.4 Å². The van der Waals surface area contributed by atoms with Gasteiger partial charge >= 0.3 is 0 Å². The molecule has 0 unspecified atom stereocenters. The van der Waals surface area contributed by atoms with Crippen LogP contribution in [-0.4, -0.2) is 52.3 Å². The second-order valence-electron chi connectivity index (χ2n) is 7.60. The Balaban J connectivity index is 1.46. The van der Waals surface area contributed by atoms with Crippen molar-refractivity contribution >= 4 is 22.7 Å². The SMILES string of the molecule is CC(C)Nc1nc2cnncc2nc1N1CCC(Oc2ccc(OCF)cc2F)CC1. The third kappa shape index (κ3) is 4.89. The largest absolute Gasteiger partial charge is 0.487 e. The van der Waals surface area contributed by atoms with Crippen LogP contribution in [0, 0.1) is 5.82 Å². The summed E-state index contributed by atoms with van der Waals surface area (Å²) in [5.41, 5.74) is 1.35. The third-order valence-electron chi connectivity index (χ3n) is 4.94. The van der Waals surface area contributed by atoms with Crippen molar-refractivity contribution in [1.29, 1.82) is 0 Å². The van der Waals surface area contributed by atoms with E-state index in [0.29, 0.717) is 42.8 Å². The smallest absolute Gasteiger partial charge is 0.228 e. The van der Waals surface area contributed by atoms with Gasteiger partial charge in [-0.2, -0.15) is 10.2 Å². The zero-order chi connectivity index (χ0) is 21.8. The van der Waals surface area contributed by atoms with Crippen LogP contribution in [0.25, 0.3) is 11.0 Å². The molecule has 0 bridgehead atoms. The average Bonchev–Trinajstić information content (AvgIpc) is 2.75. The van der Waals surface area contributed by atoms with Crippen molar-refractivity contribution in [3.8, 4) is 11.5 Å². The maximum absolute atomic E-state index is 14.2. The summed E-state index contributed by atoms with van der Waals surface area (Å²) in [6.07, 6.45) is 4.44. The molecule has 0 amide bonds. The number of alkyl halides is 1. The van der Waals surface area contributed by atoms with E-state index in [9.17, 15) is 8.78 Å². The fraction of sp³-hybridized carbons (Fsp3) is 0.429. The Morgan fingerprint density at radius 2 is 1.84 bits per heavy atom. The van der Waals surface area contributed by atoms with Gasteiger partial charge in [0.25, 0.3) is 0 Å².